The molecule has 3 heteroatoms. The molecule has 0 saturated heterocycles. The van der Waals surface area contributed by atoms with Crippen LogP contribution in [0, 0.1) is 5.92 Å². The van der Waals surface area contributed by atoms with Crippen molar-refractivity contribution < 1.29 is 14.9 Å². The van der Waals surface area contributed by atoms with Gasteiger partial charge in [-0.3, -0.25) is 0 Å². The van der Waals surface area contributed by atoms with E-state index in [0.29, 0.717) is 5.75 Å². The van der Waals surface area contributed by atoms with Gasteiger partial charge in [-0.05, 0) is 30.4 Å². The van der Waals surface area contributed by atoms with E-state index in [4.69, 9.17) is 4.74 Å². The number of methoxy groups -OCH3 is 1. The van der Waals surface area contributed by atoms with Crippen molar-refractivity contribution in [3.63, 3.8) is 0 Å². The Hall–Kier alpha value is -1.22. The molecule has 16 heavy (non-hydrogen) atoms. The van der Waals surface area contributed by atoms with Crippen LogP contribution in [-0.4, -0.2) is 18.3 Å². The summed E-state index contributed by atoms with van der Waals surface area (Å²) in [5.41, 5.74) is 1.02. The lowest BCUT2D eigenvalue weighted by Gasteiger charge is -2.19. The zero-order valence-corrected chi connectivity index (χ0v) is 10.1. The van der Waals surface area contributed by atoms with Crippen LogP contribution in [0.2, 0.25) is 0 Å². The third-order valence-corrected chi connectivity index (χ3v) is 2.86. The molecule has 1 rings (SSSR count). The molecule has 3 nitrogen and oxygen atoms in total. The summed E-state index contributed by atoms with van der Waals surface area (Å²) in [5.74, 6) is 0.456. The van der Waals surface area contributed by atoms with Crippen molar-refractivity contribution >= 4 is 0 Å². The van der Waals surface area contributed by atoms with Crippen LogP contribution in [0.3, 0.4) is 0 Å². The van der Waals surface area contributed by atoms with E-state index >= 15 is 0 Å². The lowest BCUT2D eigenvalue weighted by Crippen LogP contribution is -2.18. The smallest absolute Gasteiger partial charge is 0.111 e. The van der Waals surface area contributed by atoms with E-state index < -0.39 is 0 Å². The topological polar surface area (TPSA) is 52.5 Å². The molecular formula is C13H19O3-. The van der Waals surface area contributed by atoms with Crippen molar-refractivity contribution in [1.29, 1.82) is 0 Å². The lowest BCUT2D eigenvalue weighted by molar-refractivity contribution is -0.270. The second-order valence-electron chi connectivity index (χ2n) is 4.14. The largest absolute Gasteiger partial charge is 0.870 e. The fraction of sp³-hybridized carbons (Fsp3) is 0.538. The Bertz CT molecular complexity index is 336. The van der Waals surface area contributed by atoms with Crippen LogP contribution in [0.15, 0.2) is 18.2 Å². The number of hydrogen-bond donors (Lipinski definition) is 1. The van der Waals surface area contributed by atoms with E-state index in [9.17, 15) is 10.2 Å². The Balaban J connectivity index is 2.74. The maximum Gasteiger partial charge on any atom is 0.111 e. The van der Waals surface area contributed by atoms with Crippen molar-refractivity contribution in [1.82, 2.24) is 0 Å². The number of aliphatic hydroxyl groups is 1. The zero-order valence-electron chi connectivity index (χ0n) is 10.1. The molecule has 0 aromatic heterocycles. The summed E-state index contributed by atoms with van der Waals surface area (Å²) in [6, 6.07) is 5.06. The van der Waals surface area contributed by atoms with Gasteiger partial charge in [0.25, 0.3) is 0 Å². The molecule has 0 saturated carbocycles. The van der Waals surface area contributed by atoms with Gasteiger partial charge in [0.15, 0.2) is 0 Å². The van der Waals surface area contributed by atoms with Crippen molar-refractivity contribution in [2.75, 3.05) is 7.11 Å². The molecule has 0 heterocycles. The molecule has 0 aliphatic rings. The molecule has 0 fully saturated rings. The number of rotatable bonds is 5. The van der Waals surface area contributed by atoms with Gasteiger partial charge in [0.2, 0.25) is 0 Å². The molecule has 0 bridgehead atoms. The van der Waals surface area contributed by atoms with Gasteiger partial charge in [-0.1, -0.05) is 31.7 Å². The number of benzene rings is 1. The molecule has 1 aromatic rings. The second kappa shape index (κ2) is 5.75. The Morgan fingerprint density at radius 1 is 1.44 bits per heavy atom. The fourth-order valence-corrected chi connectivity index (χ4v) is 1.75. The molecule has 0 amide bonds. The molecule has 0 aliphatic carbocycles. The number of hydrogen-bond acceptors (Lipinski definition) is 3. The summed E-state index contributed by atoms with van der Waals surface area (Å²) < 4.78 is 4.98. The van der Waals surface area contributed by atoms with Gasteiger partial charge < -0.3 is 14.9 Å². The molecule has 0 spiro atoms. The minimum atomic E-state index is -0.294. The summed E-state index contributed by atoms with van der Waals surface area (Å²) >= 11 is 0. The first-order chi connectivity index (χ1) is 7.58. The third-order valence-electron chi connectivity index (χ3n) is 2.86. The third kappa shape index (κ3) is 3.14. The SMILES string of the molecule is CCC(O)C(C)Cc1ccc([O-])c(OC)c1. The van der Waals surface area contributed by atoms with Gasteiger partial charge in [0.1, 0.15) is 5.75 Å². The van der Waals surface area contributed by atoms with Gasteiger partial charge in [-0.15, -0.1) is 0 Å². The highest BCUT2D eigenvalue weighted by atomic mass is 16.5. The Morgan fingerprint density at radius 3 is 2.69 bits per heavy atom. The van der Waals surface area contributed by atoms with E-state index in [1.807, 2.05) is 13.8 Å². The van der Waals surface area contributed by atoms with Crippen LogP contribution in [0.25, 0.3) is 0 Å². The predicted molar refractivity (Wildman–Crippen MR) is 61.6 cm³/mol. The molecule has 1 aromatic carbocycles. The number of ether oxygens (including phenoxy) is 1. The lowest BCUT2D eigenvalue weighted by atomic mass is 9.94. The summed E-state index contributed by atoms with van der Waals surface area (Å²) in [4.78, 5) is 0. The molecule has 1 N–H and O–H groups in total. The Labute approximate surface area is 96.7 Å². The van der Waals surface area contributed by atoms with Crippen LogP contribution in [0.4, 0.5) is 0 Å². The quantitative estimate of drug-likeness (QED) is 0.827. The molecule has 0 radical (unpaired) electrons. The highest BCUT2D eigenvalue weighted by Crippen LogP contribution is 2.25. The summed E-state index contributed by atoms with van der Waals surface area (Å²) in [5, 5.41) is 21.0. The highest BCUT2D eigenvalue weighted by Gasteiger charge is 2.12. The highest BCUT2D eigenvalue weighted by molar-refractivity contribution is 5.40. The minimum Gasteiger partial charge on any atom is -0.870 e. The van der Waals surface area contributed by atoms with Gasteiger partial charge >= 0.3 is 0 Å². The fourth-order valence-electron chi connectivity index (χ4n) is 1.75. The first kappa shape index (κ1) is 12.8. The molecular weight excluding hydrogens is 204 g/mol. The zero-order chi connectivity index (χ0) is 12.1. The van der Waals surface area contributed by atoms with Crippen molar-refractivity contribution in [3.05, 3.63) is 23.8 Å². The molecule has 2 unspecified atom stereocenters. The first-order valence-electron chi connectivity index (χ1n) is 5.60. The van der Waals surface area contributed by atoms with Crippen molar-refractivity contribution in [2.45, 2.75) is 32.8 Å². The van der Waals surface area contributed by atoms with Crippen LogP contribution in [0.1, 0.15) is 25.8 Å². The molecule has 0 aliphatic heterocycles. The van der Waals surface area contributed by atoms with Crippen molar-refractivity contribution in [3.8, 4) is 11.5 Å². The molecule has 2 atom stereocenters. The predicted octanol–water partition coefficient (Wildman–Crippen LogP) is 1.72. The average molecular weight is 223 g/mol. The van der Waals surface area contributed by atoms with E-state index in [-0.39, 0.29) is 17.8 Å². The minimum absolute atomic E-state index is 0.102. The van der Waals surface area contributed by atoms with Crippen LogP contribution >= 0.6 is 0 Å². The average Bonchev–Trinajstić information content (AvgIpc) is 2.30. The van der Waals surface area contributed by atoms with Gasteiger partial charge in [-0.2, -0.15) is 0 Å². The Kier molecular flexibility index (Phi) is 4.62. The van der Waals surface area contributed by atoms with Gasteiger partial charge in [0.05, 0.1) is 13.2 Å². The van der Waals surface area contributed by atoms with Crippen LogP contribution in [-0.2, 0) is 6.42 Å². The van der Waals surface area contributed by atoms with E-state index in [1.54, 1.807) is 12.1 Å². The number of aliphatic hydroxyl groups excluding tert-OH is 1. The standard InChI is InChI=1S/C13H20O3/c1-4-11(14)9(2)7-10-5-6-12(15)13(8-10)16-3/h5-6,8-9,11,14-15H,4,7H2,1-3H3/p-1. The first-order valence-corrected chi connectivity index (χ1v) is 5.60. The maximum absolute atomic E-state index is 11.3. The summed E-state index contributed by atoms with van der Waals surface area (Å²) in [6.45, 7) is 3.97. The van der Waals surface area contributed by atoms with E-state index in [0.717, 1.165) is 18.4 Å². The summed E-state index contributed by atoms with van der Waals surface area (Å²) in [6.07, 6.45) is 1.21. The van der Waals surface area contributed by atoms with Gasteiger partial charge in [0, 0.05) is 0 Å². The monoisotopic (exact) mass is 223 g/mol. The Morgan fingerprint density at radius 2 is 2.12 bits per heavy atom. The van der Waals surface area contributed by atoms with Gasteiger partial charge in [-0.25, -0.2) is 0 Å². The second-order valence-corrected chi connectivity index (χ2v) is 4.14. The maximum atomic E-state index is 11.3. The van der Waals surface area contributed by atoms with Crippen molar-refractivity contribution in [2.24, 2.45) is 5.92 Å². The molecule has 90 valence electrons. The summed E-state index contributed by atoms with van der Waals surface area (Å²) in [7, 11) is 1.49. The normalized spacial score (nSPS) is 14.5. The van der Waals surface area contributed by atoms with Crippen LogP contribution in [0.5, 0.6) is 11.5 Å². The van der Waals surface area contributed by atoms with E-state index in [2.05, 4.69) is 0 Å². The van der Waals surface area contributed by atoms with E-state index in [1.165, 1.54) is 13.2 Å². The van der Waals surface area contributed by atoms with Crippen LogP contribution < -0.4 is 9.84 Å².